The van der Waals surface area contributed by atoms with Crippen LogP contribution in [0, 0.1) is 0 Å². The third kappa shape index (κ3) is 49.3. The molecule has 0 saturated carbocycles. The summed E-state index contributed by atoms with van der Waals surface area (Å²) in [5, 5.41) is 121. The molecule has 0 aromatic rings. The molecule has 0 bridgehead atoms. The van der Waals surface area contributed by atoms with Crippen molar-refractivity contribution in [3.05, 3.63) is 109 Å². The zero-order chi connectivity index (χ0) is 80.3. The van der Waals surface area contributed by atoms with Crippen LogP contribution in [-0.4, -0.2) is 193 Å². The van der Waals surface area contributed by atoms with Gasteiger partial charge in [0.05, 0.1) is 38.6 Å². The number of aliphatic hydroxyl groups is 11. The molecule has 3 rings (SSSR count). The molecule has 642 valence electrons. The second-order valence-electron chi connectivity index (χ2n) is 31.3. The fourth-order valence-electron chi connectivity index (χ4n) is 14.5. The Bertz CT molecular complexity index is 2430. The van der Waals surface area contributed by atoms with Gasteiger partial charge >= 0.3 is 0 Å². The maximum Gasteiger partial charge on any atom is 0.220 e. The predicted octanol–water partition coefficient (Wildman–Crippen LogP) is 16.8. The minimum atomic E-state index is -1.99. The number of allylic oxidation sites excluding steroid dienone is 17. The van der Waals surface area contributed by atoms with E-state index >= 15 is 0 Å². The van der Waals surface area contributed by atoms with Crippen LogP contribution in [0.1, 0.15) is 335 Å². The molecular formula is C92H161NO18. The van der Waals surface area contributed by atoms with E-state index in [1.165, 1.54) is 205 Å². The minimum Gasteiger partial charge on any atom is -0.394 e. The summed E-state index contributed by atoms with van der Waals surface area (Å²) in [6.07, 6.45) is 72.4. The minimum absolute atomic E-state index is 0.226. The Hall–Kier alpha value is -3.55. The lowest BCUT2D eigenvalue weighted by molar-refractivity contribution is -0.379. The average Bonchev–Trinajstić information content (AvgIpc) is 0.780. The van der Waals surface area contributed by atoms with Gasteiger partial charge in [0, 0.05) is 6.42 Å². The first-order chi connectivity index (χ1) is 54.3. The Morgan fingerprint density at radius 1 is 0.333 bits per heavy atom. The largest absolute Gasteiger partial charge is 0.394 e. The van der Waals surface area contributed by atoms with Gasteiger partial charge in [-0.05, 0) is 96.3 Å². The van der Waals surface area contributed by atoms with Crippen LogP contribution in [0.5, 0.6) is 0 Å². The molecule has 19 heteroatoms. The van der Waals surface area contributed by atoms with Crippen molar-refractivity contribution in [1.82, 2.24) is 5.32 Å². The molecule has 12 N–H and O–H groups in total. The zero-order valence-electron chi connectivity index (χ0n) is 69.2. The Morgan fingerprint density at radius 2 is 0.631 bits per heavy atom. The lowest BCUT2D eigenvalue weighted by Gasteiger charge is -2.48. The van der Waals surface area contributed by atoms with E-state index in [4.69, 9.17) is 28.4 Å². The Kier molecular flexibility index (Phi) is 64.7. The summed E-state index contributed by atoms with van der Waals surface area (Å²) in [6.45, 7) is 1.63. The lowest BCUT2D eigenvalue weighted by Crippen LogP contribution is -2.66. The molecule has 17 unspecified atom stereocenters. The second kappa shape index (κ2) is 70.6. The second-order valence-corrected chi connectivity index (χ2v) is 31.3. The van der Waals surface area contributed by atoms with Gasteiger partial charge in [0.15, 0.2) is 18.9 Å². The number of unbranched alkanes of at least 4 members (excludes halogenated alkanes) is 39. The molecule has 17 atom stereocenters. The number of aliphatic hydroxyl groups excluding tert-OH is 11. The average molecular weight is 1570 g/mol. The van der Waals surface area contributed by atoms with Gasteiger partial charge in [-0.25, -0.2) is 0 Å². The van der Waals surface area contributed by atoms with Crippen LogP contribution in [0.2, 0.25) is 0 Å². The third-order valence-electron chi connectivity index (χ3n) is 21.5. The van der Waals surface area contributed by atoms with E-state index in [-0.39, 0.29) is 18.9 Å². The molecule has 0 aromatic heterocycles. The fraction of sp³-hybridized carbons (Fsp3) is 0.793. The van der Waals surface area contributed by atoms with Crippen molar-refractivity contribution in [3.63, 3.8) is 0 Å². The first kappa shape index (κ1) is 102. The Balaban J connectivity index is 1.35. The van der Waals surface area contributed by atoms with Crippen LogP contribution >= 0.6 is 0 Å². The maximum atomic E-state index is 13.5. The highest BCUT2D eigenvalue weighted by atomic mass is 16.8. The number of ether oxygens (including phenoxy) is 6. The van der Waals surface area contributed by atoms with Crippen molar-refractivity contribution >= 4 is 5.91 Å². The van der Waals surface area contributed by atoms with E-state index in [2.05, 4.69) is 116 Å². The summed E-state index contributed by atoms with van der Waals surface area (Å²) < 4.78 is 34.5. The number of carbonyl (C=O) groups excluding carboxylic acids is 1. The normalized spacial score (nSPS) is 25.6. The van der Waals surface area contributed by atoms with Gasteiger partial charge < -0.3 is 89.9 Å². The smallest absolute Gasteiger partial charge is 0.220 e. The van der Waals surface area contributed by atoms with Crippen LogP contribution in [0.15, 0.2) is 109 Å². The van der Waals surface area contributed by atoms with Gasteiger partial charge in [-0.3, -0.25) is 4.79 Å². The first-order valence-corrected chi connectivity index (χ1v) is 44.6. The quantitative estimate of drug-likeness (QED) is 0.0199. The van der Waals surface area contributed by atoms with Crippen molar-refractivity contribution in [3.8, 4) is 0 Å². The van der Waals surface area contributed by atoms with Crippen LogP contribution in [0.25, 0.3) is 0 Å². The fourth-order valence-corrected chi connectivity index (χ4v) is 14.5. The van der Waals surface area contributed by atoms with E-state index in [9.17, 15) is 61.0 Å². The van der Waals surface area contributed by atoms with Crippen molar-refractivity contribution < 1.29 is 89.4 Å². The van der Waals surface area contributed by atoms with Crippen LogP contribution in [0.3, 0.4) is 0 Å². The Labute approximate surface area is 672 Å². The topological polar surface area (TPSA) is 307 Å². The molecule has 0 spiro atoms. The summed E-state index contributed by atoms with van der Waals surface area (Å²) in [5.41, 5.74) is 0. The molecule has 3 saturated heterocycles. The highest BCUT2D eigenvalue weighted by Crippen LogP contribution is 2.33. The number of rotatable bonds is 71. The molecule has 19 nitrogen and oxygen atoms in total. The van der Waals surface area contributed by atoms with E-state index in [1.54, 1.807) is 6.08 Å². The van der Waals surface area contributed by atoms with E-state index in [0.29, 0.717) is 12.8 Å². The molecule has 0 radical (unpaired) electrons. The SMILES string of the molecule is CC/C=C\C/C=C\C/C=C\C/C=C\C/C=C\C/C=C\CCCCCCCCCCCCCCCCC(=O)NC(COC1OC(CO)C(OC2OC(CO)C(OC3OC(CO)C(O)C(O)C3O)C(O)C2O)C(O)C1O)C(O)/C=C/CC/C=C/CC/C=C/CCCCCCCCCCCCCCCCCCCCCCCCC. The van der Waals surface area contributed by atoms with E-state index in [0.717, 1.165) is 96.3 Å². The number of amides is 1. The summed E-state index contributed by atoms with van der Waals surface area (Å²) in [6, 6.07) is -1.01. The van der Waals surface area contributed by atoms with Crippen LogP contribution in [-0.2, 0) is 33.2 Å². The molecule has 3 heterocycles. The number of carbonyl (C=O) groups is 1. The van der Waals surface area contributed by atoms with Crippen molar-refractivity contribution in [2.45, 2.75) is 439 Å². The first-order valence-electron chi connectivity index (χ1n) is 44.6. The zero-order valence-corrected chi connectivity index (χ0v) is 69.2. The molecule has 1 amide bonds. The summed E-state index contributed by atoms with van der Waals surface area (Å²) >= 11 is 0. The van der Waals surface area contributed by atoms with Gasteiger partial charge in [0.2, 0.25) is 5.91 Å². The van der Waals surface area contributed by atoms with Gasteiger partial charge in [-0.15, -0.1) is 0 Å². The van der Waals surface area contributed by atoms with Crippen molar-refractivity contribution in [2.75, 3.05) is 26.4 Å². The lowest BCUT2D eigenvalue weighted by atomic mass is 9.96. The summed E-state index contributed by atoms with van der Waals surface area (Å²) in [4.78, 5) is 13.5. The van der Waals surface area contributed by atoms with Gasteiger partial charge in [-0.1, -0.05) is 342 Å². The van der Waals surface area contributed by atoms with E-state index in [1.807, 2.05) is 6.08 Å². The summed E-state index contributed by atoms with van der Waals surface area (Å²) in [5.74, 6) is -0.291. The molecule has 0 aliphatic carbocycles. The third-order valence-corrected chi connectivity index (χ3v) is 21.5. The van der Waals surface area contributed by atoms with Crippen molar-refractivity contribution in [1.29, 1.82) is 0 Å². The van der Waals surface area contributed by atoms with Crippen molar-refractivity contribution in [2.24, 2.45) is 0 Å². The number of hydrogen-bond acceptors (Lipinski definition) is 18. The standard InChI is InChI=1S/C92H161NO18/c1-3-5-7-9-11-13-15-17-19-21-23-25-27-29-31-33-35-37-39-41-43-45-47-49-51-53-55-57-59-61-63-65-67-69-76(97)75(74-106-90-86(104)83(101)88(78(72-95)108-90)111-92-87(105)84(102)89(79(73-96)109-92)110-91-85(103)82(100)81(99)77(71-94)107-91)93-80(98)70-68-66-64-62-60-58-56-54-52-50-48-46-44-42-40-38-36-34-32-30-28-26-24-22-20-18-16-14-12-10-8-6-4-2/h6,8,12,14,18,20,24,26,30,32,36,38,51,53,59,61,67,69,75-79,81-92,94-97,99-105H,3-5,7,9-11,13,15-17,19,21-23,25,27-29,31,33-35,37,39-50,52,54-58,60,62-66,68,70-74H2,1-2H3,(H,93,98)/b8-6-,14-12-,20-18-,26-24-,32-30-,38-36-,53-51+,61-59+,69-67+. The van der Waals surface area contributed by atoms with Crippen LogP contribution < -0.4 is 5.32 Å². The molecule has 111 heavy (non-hydrogen) atoms. The van der Waals surface area contributed by atoms with E-state index < -0.39 is 124 Å². The highest BCUT2D eigenvalue weighted by molar-refractivity contribution is 5.76. The van der Waals surface area contributed by atoms with Gasteiger partial charge in [0.1, 0.15) is 73.2 Å². The maximum absolute atomic E-state index is 13.5. The van der Waals surface area contributed by atoms with Crippen LogP contribution in [0.4, 0.5) is 0 Å². The molecule has 0 aromatic carbocycles. The number of hydrogen-bond donors (Lipinski definition) is 12. The monoisotopic (exact) mass is 1570 g/mol. The Morgan fingerprint density at radius 3 is 1.01 bits per heavy atom. The highest BCUT2D eigenvalue weighted by Gasteiger charge is 2.54. The molecule has 3 fully saturated rings. The summed E-state index contributed by atoms with van der Waals surface area (Å²) in [7, 11) is 0. The molecule has 3 aliphatic rings. The van der Waals surface area contributed by atoms with Gasteiger partial charge in [-0.2, -0.15) is 0 Å². The number of nitrogens with one attached hydrogen (secondary N) is 1. The molecule has 3 aliphatic heterocycles. The molecular weight excluding hydrogens is 1410 g/mol. The predicted molar refractivity (Wildman–Crippen MR) is 447 cm³/mol. The van der Waals surface area contributed by atoms with Gasteiger partial charge in [0.25, 0.3) is 0 Å².